The summed E-state index contributed by atoms with van der Waals surface area (Å²) in [5, 5.41) is 10.3. The summed E-state index contributed by atoms with van der Waals surface area (Å²) in [5.41, 5.74) is 0.629. The zero-order valence-electron chi connectivity index (χ0n) is 11.7. The predicted molar refractivity (Wildman–Crippen MR) is 71.3 cm³/mol. The minimum atomic E-state index is -1.03. The first-order valence-corrected chi connectivity index (χ1v) is 6.15. The second kappa shape index (κ2) is 8.01. The normalized spacial score (nSPS) is 11.1. The van der Waals surface area contributed by atoms with Crippen molar-refractivity contribution in [2.75, 3.05) is 13.7 Å². The average Bonchev–Trinajstić information content (AvgIpc) is 2.47. The maximum atomic E-state index is 12.8. The fraction of sp³-hybridized carbons (Fsp3) is 0.286. The first-order valence-electron chi connectivity index (χ1n) is 6.15. The number of rotatable bonds is 6. The van der Waals surface area contributed by atoms with Crippen LogP contribution in [0.1, 0.15) is 12.5 Å². The molecule has 7 heteroatoms. The van der Waals surface area contributed by atoms with Crippen LogP contribution in [-0.2, 0) is 25.7 Å². The van der Waals surface area contributed by atoms with Gasteiger partial charge in [-0.25, -0.2) is 14.2 Å². The number of nitrogens with zero attached hydrogens (tertiary/aromatic N) is 1. The van der Waals surface area contributed by atoms with E-state index in [1.165, 1.54) is 24.3 Å². The zero-order valence-corrected chi connectivity index (χ0v) is 11.7. The Morgan fingerprint density at radius 1 is 1.33 bits per heavy atom. The highest BCUT2D eigenvalue weighted by Gasteiger charge is 2.16. The van der Waals surface area contributed by atoms with Crippen LogP contribution < -0.4 is 0 Å². The number of carbonyl (C=O) groups excluding carboxylic acids is 2. The number of amides is 1. The number of halogens is 1. The molecule has 0 radical (unpaired) electrons. The number of methoxy groups -OCH3 is 1. The molecule has 0 aromatic heterocycles. The predicted octanol–water partition coefficient (Wildman–Crippen LogP) is 1.72. The number of hydroxylamine groups is 2. The Kier molecular flexibility index (Phi) is 6.35. The topological polar surface area (TPSA) is 76.1 Å². The Labute approximate surface area is 121 Å². The van der Waals surface area contributed by atoms with E-state index in [1.807, 2.05) is 0 Å². The van der Waals surface area contributed by atoms with Gasteiger partial charge < -0.3 is 9.84 Å². The minimum absolute atomic E-state index is 0.0396. The third kappa shape index (κ3) is 5.23. The fourth-order valence-electron chi connectivity index (χ4n) is 1.45. The van der Waals surface area contributed by atoms with Crippen LogP contribution in [-0.4, -0.2) is 35.8 Å². The number of carbonyl (C=O) groups is 2. The molecule has 0 atom stereocenters. The van der Waals surface area contributed by atoms with Gasteiger partial charge in [-0.2, -0.15) is 0 Å². The summed E-state index contributed by atoms with van der Waals surface area (Å²) in [7, 11) is 1.08. The lowest BCUT2D eigenvalue weighted by molar-refractivity contribution is -0.183. The molecule has 0 aliphatic heterocycles. The molecule has 1 N–H and O–H groups in total. The molecule has 1 rings (SSSR count). The second-order valence-corrected chi connectivity index (χ2v) is 3.94. The smallest absolute Gasteiger partial charge is 0.373 e. The quantitative estimate of drug-likeness (QED) is 0.374. The summed E-state index contributed by atoms with van der Waals surface area (Å²) in [5.74, 6) is -2.98. The van der Waals surface area contributed by atoms with Gasteiger partial charge in [0.15, 0.2) is 0 Å². The van der Waals surface area contributed by atoms with E-state index in [1.54, 1.807) is 6.92 Å². The fourth-order valence-corrected chi connectivity index (χ4v) is 1.45. The first kappa shape index (κ1) is 16.6. The molecule has 0 aliphatic rings. The molecule has 0 spiro atoms. The van der Waals surface area contributed by atoms with Crippen molar-refractivity contribution < 1.29 is 28.7 Å². The number of hydrogen-bond acceptors (Lipinski definition) is 5. The van der Waals surface area contributed by atoms with Gasteiger partial charge in [-0.05, 0) is 24.6 Å². The summed E-state index contributed by atoms with van der Waals surface area (Å²) in [6, 6.07) is 5.51. The van der Waals surface area contributed by atoms with Crippen LogP contribution in [0.4, 0.5) is 4.39 Å². The molecule has 0 saturated carbocycles. The van der Waals surface area contributed by atoms with Gasteiger partial charge in [0, 0.05) is 0 Å². The Balaban J connectivity index is 2.83. The lowest BCUT2D eigenvalue weighted by Gasteiger charge is -2.19. The van der Waals surface area contributed by atoms with E-state index in [0.717, 1.165) is 12.2 Å². The van der Waals surface area contributed by atoms with E-state index in [0.29, 0.717) is 11.6 Å². The largest absolute Gasteiger partial charge is 0.502 e. The van der Waals surface area contributed by atoms with Crippen LogP contribution in [0.25, 0.3) is 0 Å². The van der Waals surface area contributed by atoms with Crippen molar-refractivity contribution in [1.82, 2.24) is 5.06 Å². The Morgan fingerprint density at radius 3 is 2.48 bits per heavy atom. The highest BCUT2D eigenvalue weighted by Crippen LogP contribution is 2.08. The van der Waals surface area contributed by atoms with E-state index in [2.05, 4.69) is 4.74 Å². The summed E-state index contributed by atoms with van der Waals surface area (Å²) in [4.78, 5) is 28.1. The molecule has 0 heterocycles. The summed E-state index contributed by atoms with van der Waals surface area (Å²) in [6.07, 6.45) is 0.699. The third-order valence-corrected chi connectivity index (χ3v) is 2.42. The van der Waals surface area contributed by atoms with Gasteiger partial charge in [0.25, 0.3) is 5.91 Å². The van der Waals surface area contributed by atoms with Gasteiger partial charge >= 0.3 is 5.97 Å². The molecule has 1 aromatic carbocycles. The molecular weight excluding hydrogens is 281 g/mol. The minimum Gasteiger partial charge on any atom is -0.502 e. The second-order valence-electron chi connectivity index (χ2n) is 3.94. The van der Waals surface area contributed by atoms with Crippen molar-refractivity contribution >= 4 is 11.9 Å². The van der Waals surface area contributed by atoms with Gasteiger partial charge in [0.1, 0.15) is 5.82 Å². The van der Waals surface area contributed by atoms with Crippen LogP contribution in [0, 0.1) is 5.82 Å². The molecule has 0 unspecified atom stereocenters. The molecule has 1 aromatic rings. The molecular formula is C14H16FNO5. The highest BCUT2D eigenvalue weighted by molar-refractivity contribution is 5.96. The number of benzene rings is 1. The molecule has 21 heavy (non-hydrogen) atoms. The molecule has 0 aliphatic carbocycles. The van der Waals surface area contributed by atoms with E-state index in [4.69, 9.17) is 4.84 Å². The Morgan fingerprint density at radius 2 is 1.95 bits per heavy atom. The first-order chi connectivity index (χ1) is 9.97. The standard InChI is InChI=1S/C14H16FNO5/c1-3-21-16(9-10-4-6-11(15)7-5-10)13(18)8-12(17)14(19)20-2/h4-8,17H,3,9H2,1-2H3. The van der Waals surface area contributed by atoms with E-state index in [-0.39, 0.29) is 13.2 Å². The monoisotopic (exact) mass is 297 g/mol. The van der Waals surface area contributed by atoms with Gasteiger partial charge in [0.2, 0.25) is 5.76 Å². The number of esters is 1. The number of aliphatic hydroxyl groups is 1. The summed E-state index contributed by atoms with van der Waals surface area (Å²) in [6.45, 7) is 1.92. The Hall–Kier alpha value is -2.41. The zero-order chi connectivity index (χ0) is 15.8. The van der Waals surface area contributed by atoms with Crippen LogP contribution in [0.15, 0.2) is 36.1 Å². The van der Waals surface area contributed by atoms with Crippen molar-refractivity contribution in [3.05, 3.63) is 47.5 Å². The molecule has 0 saturated heterocycles. The van der Waals surface area contributed by atoms with Crippen LogP contribution in [0.5, 0.6) is 0 Å². The van der Waals surface area contributed by atoms with Crippen molar-refractivity contribution in [3.8, 4) is 0 Å². The third-order valence-electron chi connectivity index (χ3n) is 2.42. The molecule has 0 bridgehead atoms. The summed E-state index contributed by atoms with van der Waals surface area (Å²) < 4.78 is 17.1. The lowest BCUT2D eigenvalue weighted by atomic mass is 10.2. The molecule has 6 nitrogen and oxygen atoms in total. The van der Waals surface area contributed by atoms with Gasteiger partial charge in [0.05, 0.1) is 26.3 Å². The highest BCUT2D eigenvalue weighted by atomic mass is 19.1. The molecule has 1 amide bonds. The molecule has 114 valence electrons. The van der Waals surface area contributed by atoms with Crippen molar-refractivity contribution in [1.29, 1.82) is 0 Å². The van der Waals surface area contributed by atoms with Crippen LogP contribution in [0.2, 0.25) is 0 Å². The lowest BCUT2D eigenvalue weighted by Crippen LogP contribution is -2.30. The SMILES string of the molecule is CCON(Cc1ccc(F)cc1)C(=O)C=C(O)C(=O)OC. The van der Waals surface area contributed by atoms with Crippen molar-refractivity contribution in [3.63, 3.8) is 0 Å². The molecule has 0 fully saturated rings. The van der Waals surface area contributed by atoms with E-state index in [9.17, 15) is 19.1 Å². The number of hydrogen-bond donors (Lipinski definition) is 1. The Bertz CT molecular complexity index is 527. The van der Waals surface area contributed by atoms with Gasteiger partial charge in [-0.15, -0.1) is 0 Å². The maximum absolute atomic E-state index is 12.8. The number of aliphatic hydroxyl groups excluding tert-OH is 1. The van der Waals surface area contributed by atoms with E-state index >= 15 is 0 Å². The van der Waals surface area contributed by atoms with Gasteiger partial charge in [-0.1, -0.05) is 12.1 Å². The van der Waals surface area contributed by atoms with Crippen LogP contribution >= 0.6 is 0 Å². The average molecular weight is 297 g/mol. The van der Waals surface area contributed by atoms with Crippen molar-refractivity contribution in [2.45, 2.75) is 13.5 Å². The van der Waals surface area contributed by atoms with Crippen molar-refractivity contribution in [2.24, 2.45) is 0 Å². The van der Waals surface area contributed by atoms with Crippen LogP contribution in [0.3, 0.4) is 0 Å². The maximum Gasteiger partial charge on any atom is 0.373 e. The number of ether oxygens (including phenoxy) is 1. The summed E-state index contributed by atoms with van der Waals surface area (Å²) >= 11 is 0. The van der Waals surface area contributed by atoms with Gasteiger partial charge in [-0.3, -0.25) is 9.63 Å². The van der Waals surface area contributed by atoms with E-state index < -0.39 is 23.5 Å².